The second kappa shape index (κ2) is 7.31. The van der Waals surface area contributed by atoms with Crippen molar-refractivity contribution in [3.63, 3.8) is 0 Å². The maximum atomic E-state index is 14.0. The number of hydrogen-bond donors (Lipinski definition) is 1. The van der Waals surface area contributed by atoms with Gasteiger partial charge in [0.05, 0.1) is 17.3 Å². The number of rotatable bonds is 1. The number of nitrogens with one attached hydrogen (secondary N) is 1. The summed E-state index contributed by atoms with van der Waals surface area (Å²) in [5.74, 6) is -1.53. The SMILES string of the molecule is CN1CCN2c3ccccc3CC3(C(=O)NC(=O)N(c4cccc(C(F)(F)F)c4)C3=O)C2C1. The summed E-state index contributed by atoms with van der Waals surface area (Å²) in [4.78, 5) is 44.8. The van der Waals surface area contributed by atoms with Crippen LogP contribution >= 0.6 is 0 Å². The van der Waals surface area contributed by atoms with Gasteiger partial charge in [0, 0.05) is 25.3 Å². The lowest BCUT2D eigenvalue weighted by Crippen LogP contribution is -2.75. The molecule has 7 nitrogen and oxygen atoms in total. The third-order valence-corrected chi connectivity index (χ3v) is 6.77. The Balaban J connectivity index is 1.65. The molecule has 1 spiro atoms. The van der Waals surface area contributed by atoms with Crippen LogP contribution in [0.5, 0.6) is 0 Å². The number of urea groups is 1. The molecular weight excluding hydrogens is 437 g/mol. The van der Waals surface area contributed by atoms with Gasteiger partial charge >= 0.3 is 12.2 Å². The Morgan fingerprint density at radius 3 is 2.55 bits per heavy atom. The van der Waals surface area contributed by atoms with Gasteiger partial charge in [0.15, 0.2) is 5.41 Å². The number of nitrogens with zero attached hydrogens (tertiary/aromatic N) is 3. The number of fused-ring (bicyclic) bond motifs is 4. The van der Waals surface area contributed by atoms with E-state index in [9.17, 15) is 27.6 Å². The fourth-order valence-corrected chi connectivity index (χ4v) is 5.15. The number of barbiturate groups is 1. The lowest BCUT2D eigenvalue weighted by molar-refractivity contribution is -0.145. The van der Waals surface area contributed by atoms with Crippen molar-refractivity contribution in [1.82, 2.24) is 10.2 Å². The van der Waals surface area contributed by atoms with Crippen LogP contribution < -0.4 is 15.1 Å². The number of hydrogen-bond acceptors (Lipinski definition) is 5. The molecule has 3 aliphatic heterocycles. The van der Waals surface area contributed by atoms with E-state index in [-0.39, 0.29) is 12.1 Å². The van der Waals surface area contributed by atoms with Gasteiger partial charge in [-0.05, 0) is 43.3 Å². The number of alkyl halides is 3. The summed E-state index contributed by atoms with van der Waals surface area (Å²) in [5, 5.41) is 2.26. The normalized spacial score (nSPS) is 25.7. The molecule has 5 rings (SSSR count). The lowest BCUT2D eigenvalue weighted by Gasteiger charge is -2.55. The number of benzene rings is 2. The Morgan fingerprint density at radius 2 is 1.79 bits per heavy atom. The molecule has 33 heavy (non-hydrogen) atoms. The number of halogens is 3. The second-order valence-electron chi connectivity index (χ2n) is 8.70. The van der Waals surface area contributed by atoms with E-state index in [2.05, 4.69) is 5.32 Å². The number of carbonyl (C=O) groups excluding carboxylic acids is 3. The predicted octanol–water partition coefficient (Wildman–Crippen LogP) is 2.65. The molecule has 0 aliphatic carbocycles. The number of likely N-dealkylation sites (N-methyl/N-ethyl adjacent to an activating group) is 1. The highest BCUT2D eigenvalue weighted by molar-refractivity contribution is 6.30. The van der Waals surface area contributed by atoms with Crippen molar-refractivity contribution in [3.8, 4) is 0 Å². The Kier molecular flexibility index (Phi) is 4.75. The molecule has 2 unspecified atom stereocenters. The average molecular weight is 458 g/mol. The molecule has 4 amide bonds. The number of imide groups is 2. The first-order chi connectivity index (χ1) is 15.6. The highest BCUT2D eigenvalue weighted by atomic mass is 19.4. The van der Waals surface area contributed by atoms with Crippen LogP contribution in [-0.2, 0) is 22.2 Å². The molecule has 10 heteroatoms. The molecule has 0 bridgehead atoms. The molecule has 0 radical (unpaired) electrons. The lowest BCUT2D eigenvalue weighted by atomic mass is 9.67. The topological polar surface area (TPSA) is 73.0 Å². The average Bonchev–Trinajstić information content (AvgIpc) is 2.77. The summed E-state index contributed by atoms with van der Waals surface area (Å²) in [5.41, 5.74) is -1.18. The van der Waals surface area contributed by atoms with Gasteiger partial charge < -0.3 is 9.80 Å². The molecule has 172 valence electrons. The Bertz CT molecular complexity index is 1170. The van der Waals surface area contributed by atoms with E-state index in [0.29, 0.717) is 24.5 Å². The van der Waals surface area contributed by atoms with Crippen molar-refractivity contribution in [3.05, 3.63) is 59.7 Å². The molecule has 3 aliphatic rings. The first-order valence-electron chi connectivity index (χ1n) is 10.5. The van der Waals surface area contributed by atoms with E-state index in [1.165, 1.54) is 6.07 Å². The van der Waals surface area contributed by atoms with Crippen LogP contribution in [0.25, 0.3) is 0 Å². The molecule has 2 aromatic carbocycles. The van der Waals surface area contributed by atoms with Crippen LogP contribution in [0.3, 0.4) is 0 Å². The zero-order valence-electron chi connectivity index (χ0n) is 17.7. The molecule has 0 aromatic heterocycles. The molecule has 2 atom stereocenters. The second-order valence-corrected chi connectivity index (χ2v) is 8.70. The zero-order chi connectivity index (χ0) is 23.5. The van der Waals surface area contributed by atoms with Crippen molar-refractivity contribution in [2.75, 3.05) is 36.5 Å². The van der Waals surface area contributed by atoms with Gasteiger partial charge in [-0.25, -0.2) is 9.69 Å². The number of anilines is 2. The van der Waals surface area contributed by atoms with Crippen molar-refractivity contribution in [1.29, 1.82) is 0 Å². The van der Waals surface area contributed by atoms with Gasteiger partial charge in [-0.1, -0.05) is 24.3 Å². The molecule has 2 fully saturated rings. The van der Waals surface area contributed by atoms with Gasteiger partial charge in [-0.3, -0.25) is 14.9 Å². The number of para-hydroxylation sites is 1. The van der Waals surface area contributed by atoms with Crippen LogP contribution in [0, 0.1) is 5.41 Å². The van der Waals surface area contributed by atoms with Gasteiger partial charge in [-0.15, -0.1) is 0 Å². The molecule has 2 aromatic rings. The molecule has 0 saturated carbocycles. The fourth-order valence-electron chi connectivity index (χ4n) is 5.15. The minimum absolute atomic E-state index is 0.0472. The Hall–Kier alpha value is -3.40. The van der Waals surface area contributed by atoms with E-state index in [1.807, 2.05) is 41.1 Å². The minimum Gasteiger partial charge on any atom is -0.364 e. The van der Waals surface area contributed by atoms with Crippen LogP contribution in [0.4, 0.5) is 29.3 Å². The number of piperazine rings is 1. The number of carbonyl (C=O) groups is 3. The summed E-state index contributed by atoms with van der Waals surface area (Å²) in [6, 6.07) is 9.84. The monoisotopic (exact) mass is 458 g/mol. The van der Waals surface area contributed by atoms with Gasteiger partial charge in [0.25, 0.3) is 5.91 Å². The zero-order valence-corrected chi connectivity index (χ0v) is 17.7. The number of amides is 4. The summed E-state index contributed by atoms with van der Waals surface area (Å²) in [6.07, 6.45) is -4.60. The van der Waals surface area contributed by atoms with Gasteiger partial charge in [0.1, 0.15) is 0 Å². The maximum absolute atomic E-state index is 14.0. The van der Waals surface area contributed by atoms with Crippen molar-refractivity contribution in [2.24, 2.45) is 5.41 Å². The van der Waals surface area contributed by atoms with E-state index >= 15 is 0 Å². The van der Waals surface area contributed by atoms with Crippen LogP contribution in [0.2, 0.25) is 0 Å². The molecule has 3 heterocycles. The van der Waals surface area contributed by atoms with Crippen LogP contribution in [0.15, 0.2) is 48.5 Å². The van der Waals surface area contributed by atoms with E-state index in [0.717, 1.165) is 29.4 Å². The van der Waals surface area contributed by atoms with Crippen molar-refractivity contribution >= 4 is 29.2 Å². The summed E-state index contributed by atoms with van der Waals surface area (Å²) in [7, 11) is 1.88. The first kappa shape index (κ1) is 21.4. The Labute approximate surface area is 187 Å². The maximum Gasteiger partial charge on any atom is 0.416 e. The van der Waals surface area contributed by atoms with Gasteiger partial charge in [0.2, 0.25) is 5.91 Å². The standard InChI is InChI=1S/C23H21F3N4O3/c1-28-9-10-29-17-8-3-2-5-14(17)12-22(18(29)13-28)19(31)27-21(33)30(20(22)32)16-7-4-6-15(11-16)23(24,25)26/h2-8,11,18H,9-10,12-13H2,1H3,(H,27,31,33). The molecule has 2 saturated heterocycles. The smallest absolute Gasteiger partial charge is 0.364 e. The van der Waals surface area contributed by atoms with Gasteiger partial charge in [-0.2, -0.15) is 13.2 Å². The largest absolute Gasteiger partial charge is 0.416 e. The molecular formula is C23H21F3N4O3. The highest BCUT2D eigenvalue weighted by Gasteiger charge is 2.63. The molecule has 1 N–H and O–H groups in total. The van der Waals surface area contributed by atoms with Crippen molar-refractivity contribution in [2.45, 2.75) is 18.6 Å². The third kappa shape index (κ3) is 3.19. The van der Waals surface area contributed by atoms with E-state index in [1.54, 1.807) is 0 Å². The van der Waals surface area contributed by atoms with Crippen molar-refractivity contribution < 1.29 is 27.6 Å². The highest BCUT2D eigenvalue weighted by Crippen LogP contribution is 2.46. The van der Waals surface area contributed by atoms with E-state index in [4.69, 9.17) is 0 Å². The summed E-state index contributed by atoms with van der Waals surface area (Å²) < 4.78 is 39.9. The van der Waals surface area contributed by atoms with Crippen LogP contribution in [0.1, 0.15) is 11.1 Å². The summed E-state index contributed by atoms with van der Waals surface area (Å²) >= 11 is 0. The minimum atomic E-state index is -4.65. The first-order valence-corrected chi connectivity index (χ1v) is 10.5. The fraction of sp³-hybridized carbons (Fsp3) is 0.348. The Morgan fingerprint density at radius 1 is 1.03 bits per heavy atom. The quantitative estimate of drug-likeness (QED) is 0.666. The summed E-state index contributed by atoms with van der Waals surface area (Å²) in [6.45, 7) is 1.67. The third-order valence-electron chi connectivity index (χ3n) is 6.77. The van der Waals surface area contributed by atoms with Crippen LogP contribution in [-0.4, -0.2) is 55.5 Å². The predicted molar refractivity (Wildman–Crippen MR) is 114 cm³/mol. The van der Waals surface area contributed by atoms with E-state index < -0.39 is 41.0 Å².